The molecule has 4 heteroatoms. The van der Waals surface area contributed by atoms with Gasteiger partial charge in [0.25, 0.3) is 0 Å². The van der Waals surface area contributed by atoms with Crippen LogP contribution >= 0.6 is 0 Å². The minimum absolute atomic E-state index is 0.692. The molecule has 45 heavy (non-hydrogen) atoms. The van der Waals surface area contributed by atoms with E-state index in [0.717, 1.165) is 67.0 Å². The van der Waals surface area contributed by atoms with E-state index in [9.17, 15) is 0 Å². The van der Waals surface area contributed by atoms with Crippen LogP contribution in [0, 0.1) is 0 Å². The summed E-state index contributed by atoms with van der Waals surface area (Å²) in [7, 11) is 0. The van der Waals surface area contributed by atoms with Crippen LogP contribution in [0.1, 0.15) is 0 Å². The summed E-state index contributed by atoms with van der Waals surface area (Å²) < 4.78 is 6.72. The molecule has 4 nitrogen and oxygen atoms in total. The summed E-state index contributed by atoms with van der Waals surface area (Å²) in [6.07, 6.45) is 3.67. The lowest BCUT2D eigenvalue weighted by molar-refractivity contribution is 0.629. The fourth-order valence-corrected chi connectivity index (χ4v) is 5.85. The van der Waals surface area contributed by atoms with Crippen LogP contribution in [0.5, 0.6) is 0 Å². The fourth-order valence-electron chi connectivity index (χ4n) is 5.85. The minimum atomic E-state index is 0.692. The Kier molecular flexibility index (Phi) is 6.78. The van der Waals surface area contributed by atoms with Crippen LogP contribution in [0.4, 0.5) is 0 Å². The van der Waals surface area contributed by atoms with Gasteiger partial charge in [-0.15, -0.1) is 0 Å². The van der Waals surface area contributed by atoms with Crippen molar-refractivity contribution in [3.8, 4) is 67.5 Å². The molecule has 3 aromatic heterocycles. The Morgan fingerprint density at radius 2 is 0.867 bits per heavy atom. The smallest absolute Gasteiger partial charge is 0.163 e. The van der Waals surface area contributed by atoms with E-state index in [-0.39, 0.29) is 0 Å². The molecule has 0 aliphatic heterocycles. The maximum atomic E-state index is 6.72. The number of furan rings is 1. The minimum Gasteiger partial charge on any atom is -0.454 e. The number of benzene rings is 5. The lowest BCUT2D eigenvalue weighted by Crippen LogP contribution is -2.01. The second-order valence-electron chi connectivity index (χ2n) is 10.8. The highest BCUT2D eigenvalue weighted by molar-refractivity contribution is 6.03. The first-order valence-corrected chi connectivity index (χ1v) is 14.9. The molecule has 0 spiro atoms. The summed E-state index contributed by atoms with van der Waals surface area (Å²) in [5.41, 5.74) is 11.0. The van der Waals surface area contributed by atoms with Crippen LogP contribution in [0.25, 0.3) is 78.4 Å². The van der Waals surface area contributed by atoms with Crippen molar-refractivity contribution >= 4 is 11.0 Å². The molecule has 8 aromatic rings. The average molecular weight is 578 g/mol. The third-order valence-corrected chi connectivity index (χ3v) is 8.02. The van der Waals surface area contributed by atoms with E-state index in [0.29, 0.717) is 11.5 Å². The normalized spacial score (nSPS) is 11.1. The van der Waals surface area contributed by atoms with Crippen LogP contribution in [0.15, 0.2) is 168 Å². The largest absolute Gasteiger partial charge is 0.454 e. The Balaban J connectivity index is 1.44. The third-order valence-electron chi connectivity index (χ3n) is 8.02. The van der Waals surface area contributed by atoms with Gasteiger partial charge < -0.3 is 4.42 Å². The van der Waals surface area contributed by atoms with Gasteiger partial charge in [-0.1, -0.05) is 140 Å². The van der Waals surface area contributed by atoms with Gasteiger partial charge in [-0.3, -0.25) is 4.98 Å². The molecule has 212 valence electrons. The van der Waals surface area contributed by atoms with Gasteiger partial charge in [0.2, 0.25) is 0 Å². The number of pyridine rings is 1. The van der Waals surface area contributed by atoms with Crippen LogP contribution in [0.2, 0.25) is 0 Å². The van der Waals surface area contributed by atoms with Crippen molar-refractivity contribution in [1.82, 2.24) is 15.0 Å². The van der Waals surface area contributed by atoms with Gasteiger partial charge in [0.15, 0.2) is 5.76 Å². The topological polar surface area (TPSA) is 51.8 Å². The average Bonchev–Trinajstić information content (AvgIpc) is 3.52. The first-order valence-electron chi connectivity index (χ1n) is 14.9. The molecule has 5 aromatic carbocycles. The summed E-state index contributed by atoms with van der Waals surface area (Å²) in [6, 6.07) is 51.5. The number of aromatic nitrogens is 3. The lowest BCUT2D eigenvalue weighted by atomic mass is 9.96. The zero-order valence-corrected chi connectivity index (χ0v) is 24.3. The Morgan fingerprint density at radius 1 is 0.378 bits per heavy atom. The molecule has 0 saturated heterocycles. The SMILES string of the molecule is c1ccc(-c2nc(-c3ccc(-c4cccnc4)cc3)c(-c3oc4ccccc4c3-c3ccccc3)nc2-c2ccccc2)cc1. The highest BCUT2D eigenvalue weighted by atomic mass is 16.3. The number of para-hydroxylation sites is 1. The maximum Gasteiger partial charge on any atom is 0.163 e. The first-order chi connectivity index (χ1) is 22.3. The molecule has 0 aliphatic carbocycles. The number of nitrogens with zero attached hydrogens (tertiary/aromatic N) is 3. The molecule has 0 unspecified atom stereocenters. The zero-order chi connectivity index (χ0) is 30.0. The summed E-state index contributed by atoms with van der Waals surface area (Å²) in [5, 5.41) is 1.03. The number of fused-ring (bicyclic) bond motifs is 1. The standard InChI is InChI=1S/C41H27N3O/c1-4-13-29(14-5-1)36-34-20-10-11-21-35(34)45-41(36)40-39(32-24-22-28(23-25-32)33-19-12-26-42-27-33)43-37(30-15-6-2-7-16-30)38(44-40)31-17-8-3-9-18-31/h1-27H. The summed E-state index contributed by atoms with van der Waals surface area (Å²) in [6.45, 7) is 0. The van der Waals surface area contributed by atoms with E-state index in [1.807, 2.05) is 72.9 Å². The molecule has 0 N–H and O–H groups in total. The van der Waals surface area contributed by atoms with Crippen LogP contribution in [-0.4, -0.2) is 15.0 Å². The second-order valence-corrected chi connectivity index (χ2v) is 10.8. The van der Waals surface area contributed by atoms with Crippen molar-refractivity contribution in [3.05, 3.63) is 164 Å². The third kappa shape index (κ3) is 4.98. The van der Waals surface area contributed by atoms with E-state index in [4.69, 9.17) is 14.4 Å². The van der Waals surface area contributed by atoms with Gasteiger partial charge in [-0.05, 0) is 28.8 Å². The van der Waals surface area contributed by atoms with E-state index >= 15 is 0 Å². The molecule has 0 aliphatic rings. The monoisotopic (exact) mass is 577 g/mol. The van der Waals surface area contributed by atoms with Crippen molar-refractivity contribution in [1.29, 1.82) is 0 Å². The molecular weight excluding hydrogens is 550 g/mol. The van der Waals surface area contributed by atoms with Crippen molar-refractivity contribution in [2.75, 3.05) is 0 Å². The Morgan fingerprint density at radius 3 is 1.49 bits per heavy atom. The Hall–Kier alpha value is -6.13. The summed E-state index contributed by atoms with van der Waals surface area (Å²) >= 11 is 0. The van der Waals surface area contributed by atoms with Gasteiger partial charge in [0.05, 0.1) is 11.4 Å². The van der Waals surface area contributed by atoms with Gasteiger partial charge in [-0.2, -0.15) is 0 Å². The number of hydrogen-bond donors (Lipinski definition) is 0. The number of hydrogen-bond acceptors (Lipinski definition) is 4. The molecule has 0 fully saturated rings. The maximum absolute atomic E-state index is 6.72. The van der Waals surface area contributed by atoms with Crippen LogP contribution < -0.4 is 0 Å². The molecule has 3 heterocycles. The predicted octanol–water partition coefficient (Wildman–Crippen LogP) is 10.6. The van der Waals surface area contributed by atoms with Crippen molar-refractivity contribution in [2.24, 2.45) is 0 Å². The Labute approximate surface area is 261 Å². The fraction of sp³-hybridized carbons (Fsp3) is 0. The zero-order valence-electron chi connectivity index (χ0n) is 24.3. The highest BCUT2D eigenvalue weighted by Gasteiger charge is 2.25. The van der Waals surface area contributed by atoms with Gasteiger partial charge in [0, 0.05) is 40.0 Å². The molecule has 0 atom stereocenters. The molecule has 8 rings (SSSR count). The van der Waals surface area contributed by atoms with Crippen molar-refractivity contribution in [3.63, 3.8) is 0 Å². The van der Waals surface area contributed by atoms with E-state index in [1.165, 1.54) is 0 Å². The van der Waals surface area contributed by atoms with E-state index < -0.39 is 0 Å². The quantitative estimate of drug-likeness (QED) is 0.197. The summed E-state index contributed by atoms with van der Waals surface area (Å²) in [5.74, 6) is 0.693. The van der Waals surface area contributed by atoms with Gasteiger partial charge in [0.1, 0.15) is 17.0 Å². The first kappa shape index (κ1) is 26.5. The van der Waals surface area contributed by atoms with Crippen molar-refractivity contribution < 1.29 is 4.42 Å². The second kappa shape index (κ2) is 11.5. The molecule has 0 radical (unpaired) electrons. The van der Waals surface area contributed by atoms with Crippen LogP contribution in [-0.2, 0) is 0 Å². The lowest BCUT2D eigenvalue weighted by Gasteiger charge is -2.16. The number of rotatable bonds is 6. The van der Waals surface area contributed by atoms with Gasteiger partial charge >= 0.3 is 0 Å². The molecule has 0 bridgehead atoms. The van der Waals surface area contributed by atoms with Crippen LogP contribution in [0.3, 0.4) is 0 Å². The molecule has 0 amide bonds. The molecule has 0 saturated carbocycles. The van der Waals surface area contributed by atoms with Crippen molar-refractivity contribution in [2.45, 2.75) is 0 Å². The molecular formula is C41H27N3O. The van der Waals surface area contributed by atoms with E-state index in [2.05, 4.69) is 89.9 Å². The highest BCUT2D eigenvalue weighted by Crippen LogP contribution is 2.45. The Bertz CT molecular complexity index is 2230. The van der Waals surface area contributed by atoms with E-state index in [1.54, 1.807) is 6.20 Å². The predicted molar refractivity (Wildman–Crippen MR) is 182 cm³/mol. The van der Waals surface area contributed by atoms with Gasteiger partial charge in [-0.25, -0.2) is 9.97 Å². The summed E-state index contributed by atoms with van der Waals surface area (Å²) in [4.78, 5) is 15.2.